The fourth-order valence-electron chi connectivity index (χ4n) is 4.50. The molecule has 2 aromatic heterocycles. The topological polar surface area (TPSA) is 126 Å². The molecule has 1 saturated heterocycles. The van der Waals surface area contributed by atoms with Crippen LogP contribution < -0.4 is 11.3 Å². The van der Waals surface area contributed by atoms with Gasteiger partial charge in [-0.3, -0.25) is 4.79 Å². The number of nitrogens with zero attached hydrogens (tertiary/aromatic N) is 2. The van der Waals surface area contributed by atoms with E-state index in [0.29, 0.717) is 24.2 Å². The molecule has 2 aromatic carbocycles. The number of rotatable bonds is 5. The van der Waals surface area contributed by atoms with Gasteiger partial charge in [0.2, 0.25) is 0 Å². The molecule has 5 N–H and O–H groups in total. The molecule has 3 atom stereocenters. The molecule has 0 aliphatic carbocycles. The molecule has 0 bridgehead atoms. The molecule has 3 heterocycles. The average Bonchev–Trinajstić information content (AvgIpc) is 3.37. The third-order valence-electron chi connectivity index (χ3n) is 6.09. The molecule has 8 heteroatoms. The number of aliphatic hydroxyl groups is 2. The molecule has 0 spiro atoms. The fraction of sp³-hybridized carbons (Fsp3) is 0.304. The maximum atomic E-state index is 12.5. The minimum atomic E-state index is -0.786. The summed E-state index contributed by atoms with van der Waals surface area (Å²) in [5, 5.41) is 21.9. The van der Waals surface area contributed by atoms with Gasteiger partial charge in [0.05, 0.1) is 24.6 Å². The number of aliphatic hydroxyl groups excluding tert-OH is 2. The number of hydrogen-bond donors (Lipinski definition) is 4. The van der Waals surface area contributed by atoms with Crippen molar-refractivity contribution >= 4 is 27.6 Å². The molecule has 0 radical (unpaired) electrons. The van der Waals surface area contributed by atoms with E-state index in [9.17, 15) is 15.0 Å². The van der Waals surface area contributed by atoms with Crippen molar-refractivity contribution in [2.24, 2.45) is 0 Å². The summed E-state index contributed by atoms with van der Waals surface area (Å²) in [6, 6.07) is 14.4. The van der Waals surface area contributed by atoms with Gasteiger partial charge in [0.15, 0.2) is 5.52 Å². The number of nitrogen functional groups attached to an aromatic ring is 1. The molecule has 5 rings (SSSR count). The van der Waals surface area contributed by atoms with Gasteiger partial charge in [-0.1, -0.05) is 42.5 Å². The Bertz CT molecular complexity index is 1310. The van der Waals surface area contributed by atoms with Crippen molar-refractivity contribution in [1.29, 1.82) is 0 Å². The van der Waals surface area contributed by atoms with Crippen molar-refractivity contribution in [1.82, 2.24) is 14.5 Å². The van der Waals surface area contributed by atoms with Gasteiger partial charge < -0.3 is 30.2 Å². The van der Waals surface area contributed by atoms with Crippen molar-refractivity contribution in [3.05, 3.63) is 70.3 Å². The first-order valence-corrected chi connectivity index (χ1v) is 10.3. The minimum Gasteiger partial charge on any atom is -0.394 e. The highest BCUT2D eigenvalue weighted by molar-refractivity contribution is 5.86. The highest BCUT2D eigenvalue weighted by Gasteiger charge is 2.35. The van der Waals surface area contributed by atoms with Gasteiger partial charge >= 0.3 is 0 Å². The maximum Gasteiger partial charge on any atom is 0.277 e. The van der Waals surface area contributed by atoms with Crippen molar-refractivity contribution in [2.75, 3.05) is 12.3 Å². The van der Waals surface area contributed by atoms with E-state index < -0.39 is 18.4 Å². The number of aromatic amines is 1. The Kier molecular flexibility index (Phi) is 4.97. The van der Waals surface area contributed by atoms with Crippen molar-refractivity contribution in [3.8, 4) is 0 Å². The third-order valence-corrected chi connectivity index (χ3v) is 6.09. The lowest BCUT2D eigenvalue weighted by Gasteiger charge is -2.17. The number of anilines is 1. The van der Waals surface area contributed by atoms with E-state index in [2.05, 4.69) is 34.2 Å². The summed E-state index contributed by atoms with van der Waals surface area (Å²) in [5.41, 5.74) is 8.75. The second kappa shape index (κ2) is 7.81. The van der Waals surface area contributed by atoms with E-state index in [0.717, 1.165) is 12.0 Å². The summed E-state index contributed by atoms with van der Waals surface area (Å²) >= 11 is 0. The SMILES string of the molecule is Nc1[nH]c(=O)c2ncn([C@@H]3C[C@H](O)[C@@H](CO)O3)c2c1CCc1cccc2ccccc12. The van der Waals surface area contributed by atoms with Gasteiger partial charge in [-0.25, -0.2) is 4.98 Å². The molecule has 0 saturated carbocycles. The average molecular weight is 420 g/mol. The van der Waals surface area contributed by atoms with Gasteiger partial charge in [0, 0.05) is 12.0 Å². The number of aryl methyl sites for hydroxylation is 2. The van der Waals surface area contributed by atoms with Crippen LogP contribution in [0.3, 0.4) is 0 Å². The highest BCUT2D eigenvalue weighted by Crippen LogP contribution is 2.33. The van der Waals surface area contributed by atoms with Crippen LogP contribution in [0.2, 0.25) is 0 Å². The van der Waals surface area contributed by atoms with Crippen molar-refractivity contribution < 1.29 is 14.9 Å². The maximum absolute atomic E-state index is 12.5. The number of hydrogen-bond acceptors (Lipinski definition) is 6. The van der Waals surface area contributed by atoms with Gasteiger partial charge in [0.1, 0.15) is 18.1 Å². The van der Waals surface area contributed by atoms with Crippen molar-refractivity contribution in [3.63, 3.8) is 0 Å². The molecular formula is C23H24N4O4. The quantitative estimate of drug-likeness (QED) is 0.391. The Labute approximate surface area is 177 Å². The minimum absolute atomic E-state index is 0.277. The zero-order valence-corrected chi connectivity index (χ0v) is 16.9. The zero-order valence-electron chi connectivity index (χ0n) is 16.9. The number of pyridine rings is 1. The molecule has 160 valence electrons. The van der Waals surface area contributed by atoms with Gasteiger partial charge in [0.25, 0.3) is 5.56 Å². The highest BCUT2D eigenvalue weighted by atomic mass is 16.5. The first kappa shape index (κ1) is 19.7. The van der Waals surface area contributed by atoms with Crippen molar-refractivity contribution in [2.45, 2.75) is 37.7 Å². The lowest BCUT2D eigenvalue weighted by Crippen LogP contribution is -2.24. The fourth-order valence-corrected chi connectivity index (χ4v) is 4.50. The van der Waals surface area contributed by atoms with E-state index >= 15 is 0 Å². The van der Waals surface area contributed by atoms with E-state index in [-0.39, 0.29) is 17.7 Å². The number of H-pyrrole nitrogens is 1. The first-order valence-electron chi connectivity index (χ1n) is 10.3. The first-order chi connectivity index (χ1) is 15.1. The Balaban J connectivity index is 1.55. The largest absolute Gasteiger partial charge is 0.394 e. The summed E-state index contributed by atoms with van der Waals surface area (Å²) in [6.45, 7) is -0.277. The number of ether oxygens (including phenoxy) is 1. The summed E-state index contributed by atoms with van der Waals surface area (Å²) in [4.78, 5) is 19.5. The van der Waals surface area contributed by atoms with Crippen LogP contribution in [0, 0.1) is 0 Å². The second-order valence-corrected chi connectivity index (χ2v) is 7.95. The second-order valence-electron chi connectivity index (χ2n) is 7.95. The predicted molar refractivity (Wildman–Crippen MR) is 118 cm³/mol. The van der Waals surface area contributed by atoms with Crippen LogP contribution in [0.15, 0.2) is 53.6 Å². The van der Waals surface area contributed by atoms with Crippen LogP contribution in [-0.2, 0) is 17.6 Å². The Hall–Kier alpha value is -3.20. The lowest BCUT2D eigenvalue weighted by molar-refractivity contribution is -0.0430. The summed E-state index contributed by atoms with van der Waals surface area (Å²) in [6.07, 6.45) is 1.17. The number of nitrogens with two attached hydrogens (primary N) is 1. The van der Waals surface area contributed by atoms with Crippen LogP contribution in [-0.4, -0.2) is 43.6 Å². The smallest absolute Gasteiger partial charge is 0.277 e. The van der Waals surface area contributed by atoms with E-state index in [1.54, 1.807) is 4.57 Å². The van der Waals surface area contributed by atoms with Gasteiger partial charge in [-0.15, -0.1) is 0 Å². The molecule has 0 amide bonds. The normalized spacial score (nSPS) is 21.3. The summed E-state index contributed by atoms with van der Waals surface area (Å²) < 4.78 is 7.55. The summed E-state index contributed by atoms with van der Waals surface area (Å²) in [7, 11) is 0. The Morgan fingerprint density at radius 3 is 2.81 bits per heavy atom. The molecule has 1 aliphatic rings. The number of fused-ring (bicyclic) bond motifs is 2. The molecule has 0 unspecified atom stereocenters. The predicted octanol–water partition coefficient (Wildman–Crippen LogP) is 1.89. The molecule has 8 nitrogen and oxygen atoms in total. The number of nitrogens with one attached hydrogen (secondary N) is 1. The lowest BCUT2D eigenvalue weighted by atomic mass is 9.98. The number of aromatic nitrogens is 3. The van der Waals surface area contributed by atoms with Gasteiger partial charge in [-0.05, 0) is 29.2 Å². The molecule has 4 aromatic rings. The van der Waals surface area contributed by atoms with E-state index in [4.69, 9.17) is 10.5 Å². The molecule has 31 heavy (non-hydrogen) atoms. The zero-order chi connectivity index (χ0) is 21.5. The number of imidazole rings is 1. The number of benzene rings is 2. The molecule has 1 fully saturated rings. The summed E-state index contributed by atoms with van der Waals surface area (Å²) in [5.74, 6) is 0.303. The Morgan fingerprint density at radius 2 is 2.00 bits per heavy atom. The van der Waals surface area contributed by atoms with E-state index in [1.807, 2.05) is 18.2 Å². The van der Waals surface area contributed by atoms with Gasteiger partial charge in [-0.2, -0.15) is 0 Å². The Morgan fingerprint density at radius 1 is 1.19 bits per heavy atom. The van der Waals surface area contributed by atoms with Crippen LogP contribution in [0.25, 0.3) is 21.8 Å². The van der Waals surface area contributed by atoms with E-state index in [1.165, 1.54) is 22.7 Å². The third kappa shape index (κ3) is 3.38. The van der Waals surface area contributed by atoms with Crippen LogP contribution >= 0.6 is 0 Å². The van der Waals surface area contributed by atoms with Crippen LogP contribution in [0.4, 0.5) is 5.82 Å². The molecular weight excluding hydrogens is 396 g/mol. The van der Waals surface area contributed by atoms with Crippen LogP contribution in [0.5, 0.6) is 0 Å². The monoisotopic (exact) mass is 420 g/mol. The van der Waals surface area contributed by atoms with Crippen LogP contribution in [0.1, 0.15) is 23.8 Å². The molecule has 1 aliphatic heterocycles. The standard InChI is InChI=1S/C23H24N4O4/c24-22-16(9-8-14-6-3-5-13-4-1-2-7-15(13)14)21-20(23(30)26-22)25-12-27(21)19-10-17(29)18(11-28)31-19/h1-7,12,17-19,28-29H,8-11H2,(H3,24,26,30)/t17-,18+,19-/m0/s1.